The van der Waals surface area contributed by atoms with Crippen molar-refractivity contribution in [3.8, 4) is 11.8 Å². The first-order valence-corrected chi connectivity index (χ1v) is 17.2. The summed E-state index contributed by atoms with van der Waals surface area (Å²) in [5, 5.41) is 17.5. The number of rotatable bonds is 17. The molecule has 2 fully saturated rings. The second-order valence-electron chi connectivity index (χ2n) is 12.6. The first-order valence-electron chi connectivity index (χ1n) is 17.2. The van der Waals surface area contributed by atoms with Crippen LogP contribution in [0.5, 0.6) is 5.75 Å². The lowest BCUT2D eigenvalue weighted by molar-refractivity contribution is -0.131. The molecular weight excluding hydrogens is 710 g/mol. The van der Waals surface area contributed by atoms with E-state index in [9.17, 15) is 32.8 Å². The molecule has 0 saturated carbocycles. The molecule has 4 heterocycles. The van der Waals surface area contributed by atoms with Gasteiger partial charge in [0.25, 0.3) is 17.7 Å². The molecule has 5 rings (SSSR count). The number of carbonyl (C=O) groups is 5. The number of likely N-dealkylation sites (tertiary alicyclic amines) is 2. The molecule has 0 aliphatic carbocycles. The van der Waals surface area contributed by atoms with Crippen LogP contribution in [0.25, 0.3) is 10.9 Å². The predicted molar refractivity (Wildman–Crippen MR) is 186 cm³/mol. The van der Waals surface area contributed by atoms with Crippen molar-refractivity contribution in [1.82, 2.24) is 35.7 Å². The van der Waals surface area contributed by atoms with Crippen molar-refractivity contribution in [2.45, 2.75) is 30.8 Å². The van der Waals surface area contributed by atoms with Gasteiger partial charge in [-0.05, 0) is 29.8 Å². The quantitative estimate of drug-likeness (QED) is 0.166. The number of halogens is 2. The number of carbonyl (C=O) groups excluding carboxylic acids is 5. The van der Waals surface area contributed by atoms with Crippen LogP contribution >= 0.6 is 0 Å². The Hall–Kier alpha value is -5.80. The number of nitrogens with one attached hydrogen (secondary N) is 3. The standard InChI is InChI=1S/C36H40F2N8O8/c1-45-31(48)16-28(33(45)23-3-2-7-40-19-23)35(51)43-10-12-53-14-13-52-11-9-42-30(47)21-54-25-4-5-26-27(6-8-41-29(26)15-25)34(50)44-20-32(49)46-22-36(37,38)17-24(46)18-39/h2-8,15,19,24,28,33H,9-14,16-17,20-22H2,1H3,(H,42,47)(H,43,51)(H,44,50)/t24-,28-,33+/m0/s1. The molecule has 1 aromatic carbocycles. The average molecular weight is 751 g/mol. The zero-order valence-electron chi connectivity index (χ0n) is 29.5. The number of benzene rings is 1. The van der Waals surface area contributed by atoms with Crippen LogP contribution in [0, 0.1) is 17.2 Å². The second-order valence-corrected chi connectivity index (χ2v) is 12.6. The maximum Gasteiger partial charge on any atom is 0.268 e. The van der Waals surface area contributed by atoms with Crippen molar-refractivity contribution in [3.05, 3.63) is 66.1 Å². The molecule has 3 aromatic rings. The van der Waals surface area contributed by atoms with Gasteiger partial charge in [-0.25, -0.2) is 8.78 Å². The number of hydrogen-bond acceptors (Lipinski definition) is 11. The molecular formula is C36H40F2N8O8. The summed E-state index contributed by atoms with van der Waals surface area (Å²) in [6.45, 7) is -0.219. The molecule has 3 N–H and O–H groups in total. The molecule has 0 spiro atoms. The van der Waals surface area contributed by atoms with E-state index in [1.165, 1.54) is 18.3 Å². The maximum absolute atomic E-state index is 13.7. The molecule has 18 heteroatoms. The number of hydrogen-bond donors (Lipinski definition) is 3. The van der Waals surface area contributed by atoms with E-state index in [4.69, 9.17) is 19.5 Å². The first kappa shape index (κ1) is 39.4. The van der Waals surface area contributed by atoms with Crippen LogP contribution in [0.1, 0.15) is 34.8 Å². The normalized spacial score (nSPS) is 19.0. The molecule has 0 unspecified atom stereocenters. The van der Waals surface area contributed by atoms with Gasteiger partial charge >= 0.3 is 0 Å². The molecule has 5 amide bonds. The van der Waals surface area contributed by atoms with Gasteiger partial charge in [0.1, 0.15) is 11.8 Å². The number of alkyl halides is 2. The van der Waals surface area contributed by atoms with E-state index in [0.29, 0.717) is 16.7 Å². The van der Waals surface area contributed by atoms with Gasteiger partial charge in [0.2, 0.25) is 17.7 Å². The fourth-order valence-corrected chi connectivity index (χ4v) is 6.24. The Morgan fingerprint density at radius 2 is 1.78 bits per heavy atom. The van der Waals surface area contributed by atoms with Crippen LogP contribution in [-0.2, 0) is 28.7 Å². The summed E-state index contributed by atoms with van der Waals surface area (Å²) >= 11 is 0. The summed E-state index contributed by atoms with van der Waals surface area (Å²) < 4.78 is 44.0. The minimum atomic E-state index is -3.16. The fraction of sp³-hybridized carbons (Fsp3) is 0.444. The van der Waals surface area contributed by atoms with Gasteiger partial charge in [-0.3, -0.25) is 33.9 Å². The Balaban J connectivity index is 0.937. The molecule has 16 nitrogen and oxygen atoms in total. The van der Waals surface area contributed by atoms with Crippen molar-refractivity contribution in [1.29, 1.82) is 5.26 Å². The molecule has 54 heavy (non-hydrogen) atoms. The Morgan fingerprint density at radius 1 is 1.02 bits per heavy atom. The summed E-state index contributed by atoms with van der Waals surface area (Å²) in [5.41, 5.74) is 1.36. The van der Waals surface area contributed by atoms with E-state index >= 15 is 0 Å². The van der Waals surface area contributed by atoms with Crippen LogP contribution in [0.3, 0.4) is 0 Å². The Bertz CT molecular complexity index is 1880. The van der Waals surface area contributed by atoms with Gasteiger partial charge in [-0.2, -0.15) is 5.26 Å². The van der Waals surface area contributed by atoms with Crippen LogP contribution in [0.2, 0.25) is 0 Å². The summed E-state index contributed by atoms with van der Waals surface area (Å²) in [5.74, 6) is -5.52. The van der Waals surface area contributed by atoms with Crippen LogP contribution in [-0.4, -0.2) is 128 Å². The van der Waals surface area contributed by atoms with Gasteiger partial charge in [0, 0.05) is 63.0 Å². The van der Waals surface area contributed by atoms with E-state index in [0.717, 1.165) is 10.5 Å². The third-order valence-corrected chi connectivity index (χ3v) is 8.90. The van der Waals surface area contributed by atoms with Crippen molar-refractivity contribution < 1.29 is 47.0 Å². The zero-order chi connectivity index (χ0) is 38.7. The number of aromatic nitrogens is 2. The SMILES string of the molecule is CN1C(=O)C[C@H](C(=O)NCCOCCOCCNC(=O)COc2ccc3c(C(=O)NCC(=O)N4CC(F)(F)C[C@H]4C#N)ccnc3c2)[C@H]1c1cccnc1. The van der Waals surface area contributed by atoms with Crippen LogP contribution in [0.15, 0.2) is 55.0 Å². The lowest BCUT2D eigenvalue weighted by Crippen LogP contribution is -2.43. The summed E-state index contributed by atoms with van der Waals surface area (Å²) in [6.07, 6.45) is 4.05. The van der Waals surface area contributed by atoms with Crippen molar-refractivity contribution in [2.24, 2.45) is 5.92 Å². The lowest BCUT2D eigenvalue weighted by Gasteiger charge is -2.24. The van der Waals surface area contributed by atoms with Gasteiger partial charge in [-0.15, -0.1) is 0 Å². The maximum atomic E-state index is 13.7. The summed E-state index contributed by atoms with van der Waals surface area (Å²) in [4.78, 5) is 73.4. The van der Waals surface area contributed by atoms with E-state index in [1.54, 1.807) is 48.6 Å². The minimum absolute atomic E-state index is 0.102. The molecule has 3 atom stereocenters. The molecule has 2 aliphatic rings. The highest BCUT2D eigenvalue weighted by Gasteiger charge is 2.47. The predicted octanol–water partition coefficient (Wildman–Crippen LogP) is 0.983. The minimum Gasteiger partial charge on any atom is -0.484 e. The summed E-state index contributed by atoms with van der Waals surface area (Å²) in [6, 6.07) is 9.76. The third kappa shape index (κ3) is 10.2. The van der Waals surface area contributed by atoms with Crippen molar-refractivity contribution in [2.75, 3.05) is 66.3 Å². The number of nitriles is 1. The van der Waals surface area contributed by atoms with Gasteiger partial charge in [0.05, 0.1) is 68.6 Å². The van der Waals surface area contributed by atoms with Gasteiger partial charge in [0.15, 0.2) is 6.61 Å². The van der Waals surface area contributed by atoms with E-state index in [2.05, 4.69) is 25.9 Å². The van der Waals surface area contributed by atoms with E-state index in [-0.39, 0.29) is 76.0 Å². The monoisotopic (exact) mass is 750 g/mol. The van der Waals surface area contributed by atoms with Crippen molar-refractivity contribution in [3.63, 3.8) is 0 Å². The number of pyridine rings is 2. The Labute approximate surface area is 309 Å². The molecule has 2 aliphatic heterocycles. The molecule has 0 bridgehead atoms. The van der Waals surface area contributed by atoms with Crippen molar-refractivity contribution >= 4 is 40.4 Å². The highest BCUT2D eigenvalue weighted by atomic mass is 19.3. The number of fused-ring (bicyclic) bond motifs is 1. The van der Waals surface area contributed by atoms with Gasteiger partial charge < -0.3 is 40.0 Å². The van der Waals surface area contributed by atoms with E-state index < -0.39 is 55.1 Å². The third-order valence-electron chi connectivity index (χ3n) is 8.90. The van der Waals surface area contributed by atoms with E-state index in [1.807, 2.05) is 6.07 Å². The Morgan fingerprint density at radius 3 is 2.50 bits per heavy atom. The number of ether oxygens (including phenoxy) is 3. The zero-order valence-corrected chi connectivity index (χ0v) is 29.5. The van der Waals surface area contributed by atoms with Crippen LogP contribution in [0.4, 0.5) is 8.78 Å². The Kier molecular flexibility index (Phi) is 13.4. The van der Waals surface area contributed by atoms with Crippen LogP contribution < -0.4 is 20.7 Å². The highest BCUT2D eigenvalue weighted by molar-refractivity contribution is 6.07. The number of nitrogens with zero attached hydrogens (tertiary/aromatic N) is 5. The average Bonchev–Trinajstić information content (AvgIpc) is 3.66. The topological polar surface area (TPSA) is 205 Å². The van der Waals surface area contributed by atoms with Gasteiger partial charge in [-0.1, -0.05) is 6.07 Å². The molecule has 0 radical (unpaired) electrons. The fourth-order valence-electron chi connectivity index (χ4n) is 6.24. The lowest BCUT2D eigenvalue weighted by atomic mass is 9.94. The number of amides is 5. The molecule has 2 saturated heterocycles. The molecule has 286 valence electrons. The second kappa shape index (κ2) is 18.3. The first-order chi connectivity index (χ1) is 26.0. The highest BCUT2D eigenvalue weighted by Crippen LogP contribution is 2.36. The molecule has 2 aromatic heterocycles. The largest absolute Gasteiger partial charge is 0.484 e. The summed E-state index contributed by atoms with van der Waals surface area (Å²) in [7, 11) is 1.68. The smallest absolute Gasteiger partial charge is 0.268 e.